The van der Waals surface area contributed by atoms with Crippen molar-refractivity contribution in [2.45, 2.75) is 24.4 Å². The zero-order valence-corrected chi connectivity index (χ0v) is 20.8. The number of thiazole rings is 1. The molecule has 180 valence electrons. The lowest BCUT2D eigenvalue weighted by atomic mass is 9.95. The van der Waals surface area contributed by atoms with Crippen molar-refractivity contribution in [3.63, 3.8) is 0 Å². The number of hydrogen-bond donors (Lipinski definition) is 2. The first-order valence-corrected chi connectivity index (χ1v) is 12.0. The number of carboxylic acid groups (broad SMARTS) is 1. The SMILES string of the molecule is COC(=O)C1=C(CN2CC(F)(F)CC2C(=O)O)NC(c2nccs2)=NC1c1ccc(Br)cc1Cl. The number of carbonyl (C=O) groups is 2. The van der Waals surface area contributed by atoms with Gasteiger partial charge in [0.25, 0.3) is 5.92 Å². The van der Waals surface area contributed by atoms with Crippen molar-refractivity contribution in [1.29, 1.82) is 0 Å². The van der Waals surface area contributed by atoms with Crippen LogP contribution in [0.5, 0.6) is 0 Å². The van der Waals surface area contributed by atoms with E-state index in [0.29, 0.717) is 25.9 Å². The van der Waals surface area contributed by atoms with Crippen molar-refractivity contribution in [2.75, 3.05) is 20.2 Å². The van der Waals surface area contributed by atoms with Gasteiger partial charge in [-0.2, -0.15) is 0 Å². The number of alkyl halides is 2. The molecule has 2 N–H and O–H groups in total. The normalized spacial score (nSPS) is 22.3. The molecular formula is C21H18BrClF2N4O4S. The van der Waals surface area contributed by atoms with Gasteiger partial charge in [0.2, 0.25) is 0 Å². The number of benzene rings is 1. The summed E-state index contributed by atoms with van der Waals surface area (Å²) in [7, 11) is 1.19. The molecule has 0 aliphatic carbocycles. The van der Waals surface area contributed by atoms with Gasteiger partial charge >= 0.3 is 11.9 Å². The number of likely N-dealkylation sites (tertiary alicyclic amines) is 1. The predicted octanol–water partition coefficient (Wildman–Crippen LogP) is 3.87. The van der Waals surface area contributed by atoms with E-state index in [2.05, 4.69) is 31.2 Å². The molecule has 1 aromatic heterocycles. The highest BCUT2D eigenvalue weighted by molar-refractivity contribution is 9.10. The monoisotopic (exact) mass is 574 g/mol. The number of nitrogens with zero attached hydrogens (tertiary/aromatic N) is 3. The van der Waals surface area contributed by atoms with E-state index in [1.54, 1.807) is 29.8 Å². The van der Waals surface area contributed by atoms with Gasteiger partial charge in [0.05, 0.1) is 19.2 Å². The van der Waals surface area contributed by atoms with Crippen molar-refractivity contribution in [2.24, 2.45) is 4.99 Å². The Morgan fingerprint density at radius 2 is 2.21 bits per heavy atom. The molecule has 2 aliphatic heterocycles. The average Bonchev–Trinajstić information content (AvgIpc) is 3.40. The number of aliphatic carboxylic acids is 1. The minimum Gasteiger partial charge on any atom is -0.480 e. The van der Waals surface area contributed by atoms with Crippen LogP contribution in [-0.4, -0.2) is 64.9 Å². The molecule has 2 aliphatic rings. The molecule has 3 heterocycles. The number of carbonyl (C=O) groups excluding carboxylic acids is 1. The summed E-state index contributed by atoms with van der Waals surface area (Å²) in [6, 6.07) is 2.72. The van der Waals surface area contributed by atoms with Crippen molar-refractivity contribution in [3.8, 4) is 0 Å². The largest absolute Gasteiger partial charge is 0.480 e. The van der Waals surface area contributed by atoms with E-state index >= 15 is 0 Å². The third-order valence-corrected chi connectivity index (χ3v) is 7.04. The molecule has 8 nitrogen and oxygen atoms in total. The van der Waals surface area contributed by atoms with Crippen LogP contribution >= 0.6 is 38.9 Å². The van der Waals surface area contributed by atoms with Crippen LogP contribution in [0.1, 0.15) is 23.0 Å². The maximum atomic E-state index is 14.1. The Labute approximate surface area is 210 Å². The molecule has 2 unspecified atom stereocenters. The highest BCUT2D eigenvalue weighted by Crippen LogP contribution is 2.39. The summed E-state index contributed by atoms with van der Waals surface area (Å²) in [5, 5.41) is 15.1. The standard InChI is InChI=1S/C21H18BrClF2N4O4S/c1-33-20(32)15-13(8-29-9-21(24,25)7-14(29)19(30)31)27-17(18-26-4-5-34-18)28-16(15)11-3-2-10(22)6-12(11)23/h2-6,14,16H,7-9H2,1H3,(H,27,28)(H,30,31). The zero-order chi connectivity index (χ0) is 24.6. The Kier molecular flexibility index (Phi) is 7.04. The number of ether oxygens (including phenoxy) is 1. The molecule has 34 heavy (non-hydrogen) atoms. The van der Waals surface area contributed by atoms with E-state index in [-0.39, 0.29) is 17.8 Å². The van der Waals surface area contributed by atoms with Gasteiger partial charge in [-0.15, -0.1) is 11.3 Å². The Morgan fingerprint density at radius 1 is 1.44 bits per heavy atom. The van der Waals surface area contributed by atoms with Crippen LogP contribution in [0.25, 0.3) is 0 Å². The van der Waals surface area contributed by atoms with Gasteiger partial charge in [0, 0.05) is 45.3 Å². The molecule has 0 amide bonds. The van der Waals surface area contributed by atoms with Crippen LogP contribution in [0.3, 0.4) is 0 Å². The molecule has 13 heteroatoms. The molecule has 0 bridgehead atoms. The van der Waals surface area contributed by atoms with E-state index in [1.165, 1.54) is 18.4 Å². The number of halogens is 4. The highest BCUT2D eigenvalue weighted by Gasteiger charge is 2.49. The van der Waals surface area contributed by atoms with Gasteiger partial charge in [0.1, 0.15) is 12.1 Å². The number of amidine groups is 1. The molecule has 1 saturated heterocycles. The fraction of sp³-hybridized carbons (Fsp3) is 0.333. The molecule has 0 saturated carbocycles. The summed E-state index contributed by atoms with van der Waals surface area (Å²) in [6.07, 6.45) is 0.755. The molecule has 2 aromatic rings. The fourth-order valence-electron chi connectivity index (χ4n) is 3.96. The number of aromatic nitrogens is 1. The smallest absolute Gasteiger partial charge is 0.338 e. The molecule has 0 spiro atoms. The molecule has 1 fully saturated rings. The summed E-state index contributed by atoms with van der Waals surface area (Å²) < 4.78 is 34.0. The van der Waals surface area contributed by atoms with Gasteiger partial charge in [-0.25, -0.2) is 18.6 Å². The summed E-state index contributed by atoms with van der Waals surface area (Å²) >= 11 is 11.1. The van der Waals surface area contributed by atoms with Gasteiger partial charge in [0.15, 0.2) is 10.8 Å². The summed E-state index contributed by atoms with van der Waals surface area (Å²) in [6.45, 7) is -1.04. The second-order valence-electron chi connectivity index (χ2n) is 7.71. The topological polar surface area (TPSA) is 104 Å². The van der Waals surface area contributed by atoms with Gasteiger partial charge in [-0.05, 0) is 12.1 Å². The number of nitrogens with one attached hydrogen (secondary N) is 1. The minimum absolute atomic E-state index is 0.0476. The third kappa shape index (κ3) is 4.99. The van der Waals surface area contributed by atoms with Crippen LogP contribution in [-0.2, 0) is 14.3 Å². The Morgan fingerprint density at radius 3 is 2.82 bits per heavy atom. The van der Waals surface area contributed by atoms with Crippen LogP contribution < -0.4 is 5.32 Å². The lowest BCUT2D eigenvalue weighted by Gasteiger charge is -2.30. The molecule has 4 rings (SSSR count). The second-order valence-corrected chi connectivity index (χ2v) is 9.93. The molecule has 1 aromatic carbocycles. The summed E-state index contributed by atoms with van der Waals surface area (Å²) in [5.74, 6) is -4.98. The van der Waals surface area contributed by atoms with Gasteiger partial charge in [-0.1, -0.05) is 33.6 Å². The van der Waals surface area contributed by atoms with E-state index in [1.807, 2.05) is 0 Å². The Bertz CT molecular complexity index is 1190. The Hall–Kier alpha value is -2.41. The molecule has 0 radical (unpaired) electrons. The van der Waals surface area contributed by atoms with E-state index in [9.17, 15) is 23.5 Å². The predicted molar refractivity (Wildman–Crippen MR) is 125 cm³/mol. The van der Waals surface area contributed by atoms with Gasteiger partial charge in [-0.3, -0.25) is 14.7 Å². The van der Waals surface area contributed by atoms with Crippen molar-refractivity contribution in [3.05, 3.63) is 61.1 Å². The van der Waals surface area contributed by atoms with Crippen molar-refractivity contribution >= 4 is 56.6 Å². The number of aliphatic imine (C=N–C) groups is 1. The number of methoxy groups -OCH3 is 1. The third-order valence-electron chi connectivity index (χ3n) is 5.44. The average molecular weight is 576 g/mol. The van der Waals surface area contributed by atoms with Crippen molar-refractivity contribution in [1.82, 2.24) is 15.2 Å². The quantitative estimate of drug-likeness (QED) is 0.504. The van der Waals surface area contributed by atoms with E-state index < -0.39 is 42.9 Å². The minimum atomic E-state index is -3.18. The first-order valence-electron chi connectivity index (χ1n) is 9.95. The van der Waals surface area contributed by atoms with Crippen LogP contribution in [0.4, 0.5) is 8.78 Å². The van der Waals surface area contributed by atoms with E-state index in [0.717, 1.165) is 4.90 Å². The van der Waals surface area contributed by atoms with Gasteiger partial charge < -0.3 is 15.2 Å². The van der Waals surface area contributed by atoms with Crippen LogP contribution in [0.15, 0.2) is 50.5 Å². The first kappa shape index (κ1) is 24.7. The number of carboxylic acids is 1. The molecular weight excluding hydrogens is 558 g/mol. The maximum Gasteiger partial charge on any atom is 0.338 e. The number of esters is 1. The van der Waals surface area contributed by atoms with E-state index in [4.69, 9.17) is 16.3 Å². The second kappa shape index (κ2) is 9.68. The maximum absolute atomic E-state index is 14.1. The summed E-state index contributed by atoms with van der Waals surface area (Å²) in [4.78, 5) is 34.6. The first-order chi connectivity index (χ1) is 16.1. The van der Waals surface area contributed by atoms with Crippen molar-refractivity contribution < 1.29 is 28.2 Å². The van der Waals surface area contributed by atoms with Crippen LogP contribution in [0.2, 0.25) is 5.02 Å². The van der Waals surface area contributed by atoms with Crippen LogP contribution in [0, 0.1) is 0 Å². The Balaban J connectivity index is 1.84. The zero-order valence-electron chi connectivity index (χ0n) is 17.6. The fourth-order valence-corrected chi connectivity index (χ4v) is 5.33. The highest BCUT2D eigenvalue weighted by atomic mass is 79.9. The number of hydrogen-bond acceptors (Lipinski definition) is 8. The lowest BCUT2D eigenvalue weighted by molar-refractivity contribution is -0.142. The number of rotatable bonds is 6. The lowest BCUT2D eigenvalue weighted by Crippen LogP contribution is -2.43. The molecule has 2 atom stereocenters. The summed E-state index contributed by atoms with van der Waals surface area (Å²) in [5.41, 5.74) is 0.728.